The van der Waals surface area contributed by atoms with Gasteiger partial charge >= 0.3 is 0 Å². The van der Waals surface area contributed by atoms with Crippen LogP contribution in [-0.2, 0) is 10.0 Å². The number of methoxy groups -OCH3 is 1. The van der Waals surface area contributed by atoms with Crippen LogP contribution < -0.4 is 14.8 Å². The molecule has 6 heteroatoms. The van der Waals surface area contributed by atoms with Crippen LogP contribution in [0, 0.1) is 0 Å². The van der Waals surface area contributed by atoms with E-state index in [-0.39, 0.29) is 23.0 Å². The monoisotopic (exact) mass is 438 g/mol. The summed E-state index contributed by atoms with van der Waals surface area (Å²) in [6.45, 7) is 2.16. The fraction of sp³-hybridized carbons (Fsp3) is 0.360. The Morgan fingerprint density at radius 2 is 1.58 bits per heavy atom. The topological polar surface area (TPSA) is 67.4 Å². The van der Waals surface area contributed by atoms with Crippen molar-refractivity contribution in [3.63, 3.8) is 0 Å². The second-order valence-electron chi connectivity index (χ2n) is 8.25. The molecule has 0 aromatic heterocycles. The molecule has 0 spiro atoms. The summed E-state index contributed by atoms with van der Waals surface area (Å²) < 4.78 is 34.1. The van der Waals surface area contributed by atoms with Gasteiger partial charge in [0.05, 0.1) is 12.0 Å². The first kappa shape index (κ1) is 21.8. The number of hydrogen-bond acceptors (Lipinski definition) is 4. The summed E-state index contributed by atoms with van der Waals surface area (Å²) in [6, 6.07) is 21.3. The Morgan fingerprint density at radius 3 is 2.32 bits per heavy atom. The van der Waals surface area contributed by atoms with E-state index in [4.69, 9.17) is 4.74 Å². The fourth-order valence-corrected chi connectivity index (χ4v) is 5.84. The van der Waals surface area contributed by atoms with Gasteiger partial charge in [0.25, 0.3) is 0 Å². The highest BCUT2D eigenvalue weighted by atomic mass is 32.2. The molecule has 4 rings (SSSR count). The quantitative estimate of drug-likeness (QED) is 0.557. The van der Waals surface area contributed by atoms with Gasteiger partial charge in [0.1, 0.15) is 5.75 Å². The van der Waals surface area contributed by atoms with Gasteiger partial charge in [0, 0.05) is 18.1 Å². The van der Waals surface area contributed by atoms with Crippen molar-refractivity contribution in [3.05, 3.63) is 72.3 Å². The predicted octanol–water partition coefficient (Wildman–Crippen LogP) is 4.79. The summed E-state index contributed by atoms with van der Waals surface area (Å²) in [7, 11) is -2.03. The van der Waals surface area contributed by atoms with Crippen LogP contribution in [0.25, 0.3) is 10.8 Å². The zero-order valence-electron chi connectivity index (χ0n) is 18.0. The Balaban J connectivity index is 1.51. The first-order valence-corrected chi connectivity index (χ1v) is 12.4. The smallest absolute Gasteiger partial charge is 0.240 e. The minimum absolute atomic E-state index is 0.0794. The lowest BCUT2D eigenvalue weighted by Crippen LogP contribution is -2.52. The van der Waals surface area contributed by atoms with Gasteiger partial charge in [-0.05, 0) is 60.4 Å². The third-order valence-corrected chi connectivity index (χ3v) is 7.70. The van der Waals surface area contributed by atoms with Gasteiger partial charge in [-0.2, -0.15) is 0 Å². The van der Waals surface area contributed by atoms with Crippen molar-refractivity contribution in [2.45, 2.75) is 55.6 Å². The lowest BCUT2D eigenvalue weighted by Gasteiger charge is -2.35. The largest absolute Gasteiger partial charge is 0.497 e. The van der Waals surface area contributed by atoms with Crippen molar-refractivity contribution in [1.82, 2.24) is 10.0 Å². The molecule has 2 N–H and O–H groups in total. The molecule has 3 aromatic carbocycles. The van der Waals surface area contributed by atoms with Gasteiger partial charge in [-0.3, -0.25) is 0 Å². The van der Waals surface area contributed by atoms with Crippen LogP contribution in [0.2, 0.25) is 0 Å². The number of ether oxygens (including phenoxy) is 1. The minimum Gasteiger partial charge on any atom is -0.497 e. The van der Waals surface area contributed by atoms with Crippen molar-refractivity contribution >= 4 is 20.8 Å². The van der Waals surface area contributed by atoms with Crippen LogP contribution in [0.15, 0.2) is 71.6 Å². The highest BCUT2D eigenvalue weighted by molar-refractivity contribution is 7.89. The molecule has 0 saturated heterocycles. The van der Waals surface area contributed by atoms with Crippen molar-refractivity contribution < 1.29 is 13.2 Å². The minimum atomic E-state index is -3.60. The second-order valence-corrected chi connectivity index (χ2v) is 9.96. The van der Waals surface area contributed by atoms with E-state index in [0.717, 1.165) is 25.7 Å². The number of hydrogen-bond donors (Lipinski definition) is 2. The molecule has 5 nitrogen and oxygen atoms in total. The molecule has 164 valence electrons. The Hall–Kier alpha value is -2.41. The second kappa shape index (κ2) is 9.39. The zero-order valence-corrected chi connectivity index (χ0v) is 18.9. The summed E-state index contributed by atoms with van der Waals surface area (Å²) in [4.78, 5) is 0.264. The summed E-state index contributed by atoms with van der Waals surface area (Å²) in [5, 5.41) is 6.17. The number of sulfonamides is 1. The van der Waals surface area contributed by atoms with E-state index in [1.54, 1.807) is 31.4 Å². The molecule has 3 aromatic rings. The molecule has 0 heterocycles. The highest BCUT2D eigenvalue weighted by Crippen LogP contribution is 2.28. The van der Waals surface area contributed by atoms with E-state index in [0.29, 0.717) is 5.75 Å². The van der Waals surface area contributed by atoms with Crippen LogP contribution in [-0.4, -0.2) is 27.6 Å². The maximum Gasteiger partial charge on any atom is 0.240 e. The van der Waals surface area contributed by atoms with E-state index >= 15 is 0 Å². The Kier molecular flexibility index (Phi) is 6.60. The Bertz CT molecular complexity index is 1120. The van der Waals surface area contributed by atoms with E-state index in [1.165, 1.54) is 16.3 Å². The molecule has 1 aliphatic carbocycles. The molecular formula is C25H30N2O3S. The van der Waals surface area contributed by atoms with Crippen molar-refractivity contribution in [2.75, 3.05) is 7.11 Å². The first-order chi connectivity index (χ1) is 15.0. The molecule has 1 fully saturated rings. The van der Waals surface area contributed by atoms with Crippen LogP contribution in [0.5, 0.6) is 5.75 Å². The number of benzene rings is 3. The van der Waals surface area contributed by atoms with Crippen molar-refractivity contribution in [1.29, 1.82) is 0 Å². The fourth-order valence-electron chi connectivity index (χ4n) is 4.53. The maximum absolute atomic E-state index is 13.0. The third kappa shape index (κ3) is 4.92. The molecule has 3 atom stereocenters. The standard InChI is InChI=1S/C25H30N2O3S/c1-18(22-11-7-9-19-8-3-4-10-23(19)22)26-24-12-5-6-13-25(24)27-31(28,29)21-16-14-20(30-2)15-17-21/h3-4,7-11,14-18,24-27H,5-6,12-13H2,1-2H3/t18?,24-,25-/m1/s1. The van der Waals surface area contributed by atoms with Crippen LogP contribution in [0.3, 0.4) is 0 Å². The summed E-state index contributed by atoms with van der Waals surface area (Å²) in [5.74, 6) is 0.639. The number of rotatable bonds is 7. The van der Waals surface area contributed by atoms with E-state index in [2.05, 4.69) is 59.4 Å². The Morgan fingerprint density at radius 1 is 0.903 bits per heavy atom. The maximum atomic E-state index is 13.0. The van der Waals surface area contributed by atoms with Crippen molar-refractivity contribution in [3.8, 4) is 5.75 Å². The molecule has 0 bridgehead atoms. The molecule has 0 radical (unpaired) electrons. The molecule has 1 unspecified atom stereocenters. The van der Waals surface area contributed by atoms with E-state index in [9.17, 15) is 8.42 Å². The van der Waals surface area contributed by atoms with Gasteiger partial charge in [0.15, 0.2) is 0 Å². The number of fused-ring (bicyclic) bond motifs is 1. The summed E-state index contributed by atoms with van der Waals surface area (Å²) in [6.07, 6.45) is 3.90. The van der Waals surface area contributed by atoms with Crippen LogP contribution >= 0.6 is 0 Å². The SMILES string of the molecule is COc1ccc(S(=O)(=O)N[C@@H]2CCCC[C@H]2NC(C)c2cccc3ccccc23)cc1. The third-order valence-electron chi connectivity index (χ3n) is 6.20. The Labute approximate surface area is 184 Å². The highest BCUT2D eigenvalue weighted by Gasteiger charge is 2.30. The average Bonchev–Trinajstić information content (AvgIpc) is 2.80. The summed E-state index contributed by atoms with van der Waals surface area (Å²) in [5.41, 5.74) is 1.24. The van der Waals surface area contributed by atoms with Gasteiger partial charge in [-0.1, -0.05) is 55.3 Å². The summed E-state index contributed by atoms with van der Waals surface area (Å²) >= 11 is 0. The zero-order chi connectivity index (χ0) is 21.8. The molecular weight excluding hydrogens is 408 g/mol. The van der Waals surface area contributed by atoms with Gasteiger partial charge in [-0.15, -0.1) is 0 Å². The predicted molar refractivity (Wildman–Crippen MR) is 125 cm³/mol. The van der Waals surface area contributed by atoms with E-state index in [1.807, 2.05) is 0 Å². The van der Waals surface area contributed by atoms with Gasteiger partial charge < -0.3 is 10.1 Å². The first-order valence-electron chi connectivity index (χ1n) is 10.9. The molecule has 1 saturated carbocycles. The van der Waals surface area contributed by atoms with Crippen LogP contribution in [0.4, 0.5) is 0 Å². The van der Waals surface area contributed by atoms with Gasteiger partial charge in [-0.25, -0.2) is 13.1 Å². The van der Waals surface area contributed by atoms with Crippen LogP contribution in [0.1, 0.15) is 44.2 Å². The van der Waals surface area contributed by atoms with Crippen molar-refractivity contribution in [2.24, 2.45) is 0 Å². The molecule has 0 aliphatic heterocycles. The lowest BCUT2D eigenvalue weighted by atomic mass is 9.89. The lowest BCUT2D eigenvalue weighted by molar-refractivity contribution is 0.291. The number of nitrogens with one attached hydrogen (secondary N) is 2. The molecule has 31 heavy (non-hydrogen) atoms. The van der Waals surface area contributed by atoms with Gasteiger partial charge in [0.2, 0.25) is 10.0 Å². The molecule has 1 aliphatic rings. The van der Waals surface area contributed by atoms with E-state index < -0.39 is 10.0 Å². The average molecular weight is 439 g/mol. The normalized spacial score (nSPS) is 20.5. The molecule has 0 amide bonds.